The van der Waals surface area contributed by atoms with E-state index in [0.29, 0.717) is 0 Å². The Bertz CT molecular complexity index is 469. The molecule has 2 aliphatic heterocycles. The smallest absolute Gasteiger partial charge is 0.246 e. The number of hydrogen-bond donors (Lipinski definition) is 1. The van der Waals surface area contributed by atoms with Crippen LogP contribution in [0.5, 0.6) is 0 Å². The van der Waals surface area contributed by atoms with Gasteiger partial charge in [-0.25, -0.2) is 0 Å². The lowest BCUT2D eigenvalue weighted by atomic mass is 9.83. The second kappa shape index (κ2) is 5.50. The number of carbonyl (C=O) groups is 1. The van der Waals surface area contributed by atoms with Crippen molar-refractivity contribution in [3.63, 3.8) is 0 Å². The highest BCUT2D eigenvalue weighted by Crippen LogP contribution is 2.32. The zero-order valence-electron chi connectivity index (χ0n) is 11.8. The number of amides is 1. The molecule has 20 heavy (non-hydrogen) atoms. The summed E-state index contributed by atoms with van der Waals surface area (Å²) in [4.78, 5) is 18.1. The van der Waals surface area contributed by atoms with Gasteiger partial charge in [-0.05, 0) is 31.9 Å². The Kier molecular flexibility index (Phi) is 3.72. The van der Waals surface area contributed by atoms with E-state index in [9.17, 15) is 4.79 Å². The Labute approximate surface area is 119 Å². The van der Waals surface area contributed by atoms with Gasteiger partial charge >= 0.3 is 0 Å². The van der Waals surface area contributed by atoms with Crippen LogP contribution in [0.3, 0.4) is 0 Å². The first-order valence-corrected chi connectivity index (χ1v) is 7.24. The lowest BCUT2D eigenvalue weighted by Gasteiger charge is -2.47. The average Bonchev–Trinajstić information content (AvgIpc) is 2.47. The number of ether oxygens (including phenoxy) is 1. The molecule has 0 radical (unpaired) electrons. The van der Waals surface area contributed by atoms with E-state index in [-0.39, 0.29) is 24.2 Å². The molecule has 1 amide bonds. The molecule has 1 atom stereocenters. The van der Waals surface area contributed by atoms with Crippen LogP contribution in [0, 0.1) is 0 Å². The summed E-state index contributed by atoms with van der Waals surface area (Å²) in [7, 11) is 0. The SMILES string of the molecule is C[C@H]1NC(=O)COC12CCN(Cc1ccccn1)CC2. The molecule has 1 aromatic rings. The second-order valence-corrected chi connectivity index (χ2v) is 5.74. The summed E-state index contributed by atoms with van der Waals surface area (Å²) in [5.74, 6) is -0.000889. The van der Waals surface area contributed by atoms with Crippen molar-refractivity contribution in [3.8, 4) is 0 Å². The molecule has 2 aliphatic rings. The minimum atomic E-state index is -0.172. The van der Waals surface area contributed by atoms with Gasteiger partial charge in [-0.3, -0.25) is 14.7 Å². The van der Waals surface area contributed by atoms with E-state index in [1.54, 1.807) is 0 Å². The largest absolute Gasteiger partial charge is 0.363 e. The first-order chi connectivity index (χ1) is 9.68. The number of carbonyl (C=O) groups excluding carboxylic acids is 1. The third-order valence-corrected chi connectivity index (χ3v) is 4.47. The van der Waals surface area contributed by atoms with Crippen LogP contribution in [0.25, 0.3) is 0 Å². The molecule has 1 N–H and O–H groups in total. The van der Waals surface area contributed by atoms with Crippen LogP contribution < -0.4 is 5.32 Å². The van der Waals surface area contributed by atoms with E-state index >= 15 is 0 Å². The van der Waals surface area contributed by atoms with E-state index in [2.05, 4.69) is 21.3 Å². The average molecular weight is 275 g/mol. The quantitative estimate of drug-likeness (QED) is 0.873. The zero-order chi connectivity index (χ0) is 14.0. The summed E-state index contributed by atoms with van der Waals surface area (Å²) in [5.41, 5.74) is 0.934. The molecule has 5 heteroatoms. The molecule has 5 nitrogen and oxygen atoms in total. The maximum absolute atomic E-state index is 11.4. The monoisotopic (exact) mass is 275 g/mol. The van der Waals surface area contributed by atoms with Crippen molar-refractivity contribution < 1.29 is 9.53 Å². The third-order valence-electron chi connectivity index (χ3n) is 4.47. The van der Waals surface area contributed by atoms with Crippen molar-refractivity contribution in [1.29, 1.82) is 0 Å². The van der Waals surface area contributed by atoms with E-state index in [0.717, 1.165) is 38.2 Å². The highest BCUT2D eigenvalue weighted by molar-refractivity contribution is 5.78. The van der Waals surface area contributed by atoms with Crippen LogP contribution in [0.2, 0.25) is 0 Å². The van der Waals surface area contributed by atoms with Gasteiger partial charge in [-0.2, -0.15) is 0 Å². The Hall–Kier alpha value is -1.46. The van der Waals surface area contributed by atoms with E-state index in [1.165, 1.54) is 0 Å². The van der Waals surface area contributed by atoms with Crippen molar-refractivity contribution in [3.05, 3.63) is 30.1 Å². The minimum Gasteiger partial charge on any atom is -0.363 e. The van der Waals surface area contributed by atoms with Crippen LogP contribution in [-0.2, 0) is 16.1 Å². The zero-order valence-corrected chi connectivity index (χ0v) is 11.8. The molecular formula is C15H21N3O2. The molecule has 0 aromatic carbocycles. The fourth-order valence-corrected chi connectivity index (χ4v) is 3.14. The standard InChI is InChI=1S/C15H21N3O2/c1-12-15(20-11-14(19)17-12)5-8-18(9-6-15)10-13-4-2-3-7-16-13/h2-4,7,12H,5-6,8-11H2,1H3,(H,17,19)/t12-/m1/s1. The first kappa shape index (κ1) is 13.5. The number of nitrogens with one attached hydrogen (secondary N) is 1. The molecule has 3 rings (SSSR count). The number of aromatic nitrogens is 1. The van der Waals surface area contributed by atoms with Crippen LogP contribution in [0.15, 0.2) is 24.4 Å². The fraction of sp³-hybridized carbons (Fsp3) is 0.600. The number of piperidine rings is 1. The van der Waals surface area contributed by atoms with Gasteiger partial charge in [0.1, 0.15) is 6.61 Å². The van der Waals surface area contributed by atoms with Gasteiger partial charge in [0.2, 0.25) is 5.91 Å². The van der Waals surface area contributed by atoms with Gasteiger partial charge in [0.25, 0.3) is 0 Å². The van der Waals surface area contributed by atoms with Gasteiger partial charge in [-0.15, -0.1) is 0 Å². The normalized spacial score (nSPS) is 26.4. The number of hydrogen-bond acceptors (Lipinski definition) is 4. The predicted octanol–water partition coefficient (Wildman–Crippen LogP) is 0.951. The van der Waals surface area contributed by atoms with Gasteiger partial charge in [0, 0.05) is 25.8 Å². The number of rotatable bonds is 2. The second-order valence-electron chi connectivity index (χ2n) is 5.74. The molecular weight excluding hydrogens is 254 g/mol. The third kappa shape index (κ3) is 2.69. The number of nitrogens with zero attached hydrogens (tertiary/aromatic N) is 2. The van der Waals surface area contributed by atoms with Crippen LogP contribution in [0.4, 0.5) is 0 Å². The van der Waals surface area contributed by atoms with Crippen LogP contribution >= 0.6 is 0 Å². The highest BCUT2D eigenvalue weighted by atomic mass is 16.5. The molecule has 0 bridgehead atoms. The van der Waals surface area contributed by atoms with Gasteiger partial charge in [0.05, 0.1) is 17.3 Å². The highest BCUT2D eigenvalue weighted by Gasteiger charge is 2.44. The topological polar surface area (TPSA) is 54.5 Å². The van der Waals surface area contributed by atoms with Crippen molar-refractivity contribution in [2.24, 2.45) is 0 Å². The summed E-state index contributed by atoms with van der Waals surface area (Å²) >= 11 is 0. The van der Waals surface area contributed by atoms with Crippen molar-refractivity contribution in [1.82, 2.24) is 15.2 Å². The maximum Gasteiger partial charge on any atom is 0.246 e. The van der Waals surface area contributed by atoms with Gasteiger partial charge in [0.15, 0.2) is 0 Å². The van der Waals surface area contributed by atoms with Crippen LogP contribution in [0.1, 0.15) is 25.5 Å². The van der Waals surface area contributed by atoms with Crippen molar-refractivity contribution in [2.75, 3.05) is 19.7 Å². The molecule has 3 heterocycles. The molecule has 2 saturated heterocycles. The number of morpholine rings is 1. The van der Waals surface area contributed by atoms with E-state index in [1.807, 2.05) is 25.3 Å². The Morgan fingerprint density at radius 1 is 1.45 bits per heavy atom. The predicted molar refractivity (Wildman–Crippen MR) is 75.0 cm³/mol. The number of likely N-dealkylation sites (tertiary alicyclic amines) is 1. The molecule has 108 valence electrons. The molecule has 0 aliphatic carbocycles. The summed E-state index contributed by atoms with van der Waals surface area (Å²) in [6.45, 7) is 5.10. The Morgan fingerprint density at radius 2 is 2.25 bits per heavy atom. The fourth-order valence-electron chi connectivity index (χ4n) is 3.14. The van der Waals surface area contributed by atoms with Crippen molar-refractivity contribution in [2.45, 2.75) is 38.0 Å². The Balaban J connectivity index is 1.58. The summed E-state index contributed by atoms with van der Waals surface area (Å²) < 4.78 is 5.88. The first-order valence-electron chi connectivity index (χ1n) is 7.24. The number of pyridine rings is 1. The lowest BCUT2D eigenvalue weighted by molar-refractivity contribution is -0.159. The summed E-state index contributed by atoms with van der Waals surface area (Å²) in [5, 5.41) is 3.01. The summed E-state index contributed by atoms with van der Waals surface area (Å²) in [6, 6.07) is 6.12. The van der Waals surface area contributed by atoms with E-state index in [4.69, 9.17) is 4.74 Å². The molecule has 0 unspecified atom stereocenters. The van der Waals surface area contributed by atoms with Crippen LogP contribution in [-0.4, -0.2) is 47.1 Å². The molecule has 1 spiro atoms. The maximum atomic E-state index is 11.4. The van der Waals surface area contributed by atoms with E-state index < -0.39 is 0 Å². The molecule has 0 saturated carbocycles. The molecule has 1 aromatic heterocycles. The Morgan fingerprint density at radius 3 is 2.90 bits per heavy atom. The molecule has 2 fully saturated rings. The summed E-state index contributed by atoms with van der Waals surface area (Å²) in [6.07, 6.45) is 3.76. The van der Waals surface area contributed by atoms with Crippen molar-refractivity contribution >= 4 is 5.91 Å². The minimum absolute atomic E-state index is 0.000889. The van der Waals surface area contributed by atoms with Gasteiger partial charge in [-0.1, -0.05) is 6.07 Å². The lowest BCUT2D eigenvalue weighted by Crippen LogP contribution is -2.62. The van der Waals surface area contributed by atoms with Gasteiger partial charge < -0.3 is 10.1 Å².